The van der Waals surface area contributed by atoms with E-state index in [2.05, 4.69) is 15.9 Å². The Morgan fingerprint density at radius 1 is 1.33 bits per heavy atom. The summed E-state index contributed by atoms with van der Waals surface area (Å²) in [5.74, 6) is -0.124. The Bertz CT molecular complexity index is 442. The number of anilines is 1. The average Bonchev–Trinajstić information content (AvgIpc) is 2.50. The topological polar surface area (TPSA) is 37.4 Å². The molecule has 0 atom stereocenters. The van der Waals surface area contributed by atoms with E-state index in [9.17, 15) is 9.59 Å². The largest absolute Gasteiger partial charge is 0.304 e. The molecule has 1 aromatic carbocycles. The van der Waals surface area contributed by atoms with Crippen LogP contribution in [-0.4, -0.2) is 18.2 Å². The Kier molecular flexibility index (Phi) is 2.61. The van der Waals surface area contributed by atoms with E-state index in [1.54, 1.807) is 4.90 Å². The van der Waals surface area contributed by atoms with E-state index in [1.807, 2.05) is 25.1 Å². The smallest absolute Gasteiger partial charge is 0.234 e. The number of hydrogen-bond acceptors (Lipinski definition) is 2. The van der Waals surface area contributed by atoms with E-state index in [-0.39, 0.29) is 24.7 Å². The molecule has 1 aliphatic heterocycles. The molecular weight excluding hydrogens is 258 g/mol. The highest BCUT2D eigenvalue weighted by molar-refractivity contribution is 9.10. The number of nitrogens with zero attached hydrogens (tertiary/aromatic N) is 1. The monoisotopic (exact) mass is 267 g/mol. The van der Waals surface area contributed by atoms with Crippen molar-refractivity contribution in [2.45, 2.75) is 13.3 Å². The van der Waals surface area contributed by atoms with Crippen LogP contribution in [-0.2, 0) is 9.59 Å². The van der Waals surface area contributed by atoms with Gasteiger partial charge in [0.15, 0.2) is 5.78 Å². The third-order valence-electron chi connectivity index (χ3n) is 2.45. The maximum atomic E-state index is 11.5. The zero-order chi connectivity index (χ0) is 11.0. The number of benzene rings is 1. The van der Waals surface area contributed by atoms with Gasteiger partial charge in [-0.3, -0.25) is 9.59 Å². The molecule has 1 aliphatic rings. The fraction of sp³-hybridized carbons (Fsp3) is 0.273. The first-order valence-corrected chi connectivity index (χ1v) is 5.45. The van der Waals surface area contributed by atoms with Gasteiger partial charge in [0, 0.05) is 10.2 Å². The molecule has 1 fully saturated rings. The minimum atomic E-state index is -0.110. The number of ketones is 1. The van der Waals surface area contributed by atoms with Crippen molar-refractivity contribution in [2.24, 2.45) is 0 Å². The van der Waals surface area contributed by atoms with E-state index in [0.29, 0.717) is 0 Å². The maximum Gasteiger partial charge on any atom is 0.234 e. The third-order valence-corrected chi connectivity index (χ3v) is 2.94. The lowest BCUT2D eigenvalue weighted by atomic mass is 10.2. The molecule has 78 valence electrons. The van der Waals surface area contributed by atoms with Crippen molar-refractivity contribution in [3.8, 4) is 0 Å². The third kappa shape index (κ3) is 1.95. The van der Waals surface area contributed by atoms with Crippen LogP contribution in [0.25, 0.3) is 0 Å². The second-order valence-corrected chi connectivity index (χ2v) is 4.54. The summed E-state index contributed by atoms with van der Waals surface area (Å²) in [6.45, 7) is 2.13. The van der Waals surface area contributed by atoms with E-state index in [4.69, 9.17) is 0 Å². The molecule has 15 heavy (non-hydrogen) atoms. The van der Waals surface area contributed by atoms with Crippen molar-refractivity contribution in [3.05, 3.63) is 28.2 Å². The molecular formula is C11H10BrNO2. The Labute approximate surface area is 96.2 Å². The number of hydrogen-bond donors (Lipinski definition) is 0. The van der Waals surface area contributed by atoms with Crippen LogP contribution in [0.3, 0.4) is 0 Å². The molecule has 0 spiro atoms. The number of aryl methyl sites for hydroxylation is 1. The zero-order valence-electron chi connectivity index (χ0n) is 8.29. The molecule has 0 aliphatic carbocycles. The number of carbonyl (C=O) groups is 2. The van der Waals surface area contributed by atoms with Gasteiger partial charge in [-0.05, 0) is 24.6 Å². The molecule has 0 radical (unpaired) electrons. The van der Waals surface area contributed by atoms with Gasteiger partial charge in [0.05, 0.1) is 13.0 Å². The van der Waals surface area contributed by atoms with Crippen LogP contribution >= 0.6 is 15.9 Å². The first-order chi connectivity index (χ1) is 7.08. The summed E-state index contributed by atoms with van der Waals surface area (Å²) in [7, 11) is 0. The molecule has 0 N–H and O–H groups in total. The van der Waals surface area contributed by atoms with Crippen LogP contribution in [0.2, 0.25) is 0 Å². The normalized spacial score (nSPS) is 16.3. The van der Waals surface area contributed by atoms with E-state index >= 15 is 0 Å². The van der Waals surface area contributed by atoms with Crippen LogP contribution in [0.1, 0.15) is 12.0 Å². The molecule has 1 saturated heterocycles. The highest BCUT2D eigenvalue weighted by atomic mass is 79.9. The number of Topliss-reactive ketones (excluding diaryl/α,β-unsaturated/α-hetero) is 1. The van der Waals surface area contributed by atoms with Gasteiger partial charge in [-0.25, -0.2) is 0 Å². The molecule has 0 unspecified atom stereocenters. The summed E-state index contributed by atoms with van der Waals surface area (Å²) >= 11 is 3.36. The van der Waals surface area contributed by atoms with Crippen LogP contribution in [0.15, 0.2) is 22.7 Å². The second kappa shape index (κ2) is 3.77. The average molecular weight is 268 g/mol. The van der Waals surface area contributed by atoms with Gasteiger partial charge in [-0.2, -0.15) is 0 Å². The summed E-state index contributed by atoms with van der Waals surface area (Å²) in [6, 6.07) is 5.71. The van der Waals surface area contributed by atoms with Crippen molar-refractivity contribution >= 4 is 33.3 Å². The number of rotatable bonds is 1. The highest BCUT2D eigenvalue weighted by Crippen LogP contribution is 2.27. The lowest BCUT2D eigenvalue weighted by Gasteiger charge is -2.17. The standard InChI is InChI=1S/C11H10BrNO2/c1-7-2-3-8(12)4-10(7)13-6-9(14)5-11(13)15/h2-4H,5-6H2,1H3. The number of halogens is 1. The molecule has 3 nitrogen and oxygen atoms in total. The van der Waals surface area contributed by atoms with Crippen LogP contribution in [0, 0.1) is 6.92 Å². The molecule has 4 heteroatoms. The molecule has 0 bridgehead atoms. The lowest BCUT2D eigenvalue weighted by molar-refractivity contribution is -0.121. The number of carbonyl (C=O) groups excluding carboxylic acids is 2. The van der Waals surface area contributed by atoms with Crippen molar-refractivity contribution < 1.29 is 9.59 Å². The Morgan fingerprint density at radius 2 is 2.07 bits per heavy atom. The molecule has 0 aromatic heterocycles. The first kappa shape index (κ1) is 10.4. The molecule has 2 rings (SSSR count). The summed E-state index contributed by atoms with van der Waals surface area (Å²) < 4.78 is 0.912. The SMILES string of the molecule is Cc1ccc(Br)cc1N1CC(=O)CC1=O. The van der Waals surface area contributed by atoms with Gasteiger partial charge in [0.1, 0.15) is 0 Å². The second-order valence-electron chi connectivity index (χ2n) is 3.63. The summed E-state index contributed by atoms with van der Waals surface area (Å²) in [6.07, 6.45) is 0.0337. The van der Waals surface area contributed by atoms with Gasteiger partial charge in [0.25, 0.3) is 0 Å². The summed E-state index contributed by atoms with van der Waals surface area (Å²) in [4.78, 5) is 24.2. The minimum absolute atomic E-state index is 0.0145. The predicted molar refractivity (Wildman–Crippen MR) is 60.9 cm³/mol. The van der Waals surface area contributed by atoms with Crippen LogP contribution < -0.4 is 4.90 Å². The maximum absolute atomic E-state index is 11.5. The number of amides is 1. The van der Waals surface area contributed by atoms with Gasteiger partial charge in [0.2, 0.25) is 5.91 Å². The molecule has 0 saturated carbocycles. The fourth-order valence-electron chi connectivity index (χ4n) is 1.68. The van der Waals surface area contributed by atoms with E-state index in [0.717, 1.165) is 15.7 Å². The Balaban J connectivity index is 2.41. The lowest BCUT2D eigenvalue weighted by Crippen LogP contribution is -2.25. The van der Waals surface area contributed by atoms with Crippen molar-refractivity contribution in [1.29, 1.82) is 0 Å². The van der Waals surface area contributed by atoms with E-state index < -0.39 is 0 Å². The summed E-state index contributed by atoms with van der Waals surface area (Å²) in [5, 5.41) is 0. The van der Waals surface area contributed by atoms with Crippen molar-refractivity contribution in [1.82, 2.24) is 0 Å². The van der Waals surface area contributed by atoms with Crippen molar-refractivity contribution in [2.75, 3.05) is 11.4 Å². The Morgan fingerprint density at radius 3 is 2.67 bits per heavy atom. The fourth-order valence-corrected chi connectivity index (χ4v) is 2.03. The Hall–Kier alpha value is -1.16. The quantitative estimate of drug-likeness (QED) is 0.731. The van der Waals surface area contributed by atoms with Gasteiger partial charge in [-0.15, -0.1) is 0 Å². The van der Waals surface area contributed by atoms with Crippen LogP contribution in [0.4, 0.5) is 5.69 Å². The molecule has 1 aromatic rings. The van der Waals surface area contributed by atoms with Gasteiger partial charge >= 0.3 is 0 Å². The molecule has 1 amide bonds. The minimum Gasteiger partial charge on any atom is -0.304 e. The van der Waals surface area contributed by atoms with E-state index in [1.165, 1.54) is 0 Å². The van der Waals surface area contributed by atoms with Crippen molar-refractivity contribution in [3.63, 3.8) is 0 Å². The molecule has 1 heterocycles. The zero-order valence-corrected chi connectivity index (χ0v) is 9.87. The highest BCUT2D eigenvalue weighted by Gasteiger charge is 2.29. The van der Waals surface area contributed by atoms with Gasteiger partial charge < -0.3 is 4.90 Å². The van der Waals surface area contributed by atoms with Gasteiger partial charge in [-0.1, -0.05) is 22.0 Å². The summed E-state index contributed by atoms with van der Waals surface area (Å²) in [5.41, 5.74) is 1.82. The predicted octanol–water partition coefficient (Wildman–Crippen LogP) is 2.06. The first-order valence-electron chi connectivity index (χ1n) is 4.66. The van der Waals surface area contributed by atoms with Crippen LogP contribution in [0.5, 0.6) is 0 Å².